The first kappa shape index (κ1) is 12.5. The summed E-state index contributed by atoms with van der Waals surface area (Å²) in [5.74, 6) is -0.184. The number of aliphatic hydroxyl groups is 1. The number of aliphatic hydroxyl groups excluding tert-OH is 1. The van der Waals surface area contributed by atoms with Crippen LogP contribution in [0.4, 0.5) is 5.69 Å². The van der Waals surface area contributed by atoms with Crippen molar-refractivity contribution in [2.75, 3.05) is 12.3 Å². The third-order valence-electron chi connectivity index (χ3n) is 2.38. The Kier molecular flexibility index (Phi) is 4.31. The number of nitrogens with one attached hydrogen (secondary N) is 1. The summed E-state index contributed by atoms with van der Waals surface area (Å²) < 4.78 is 0. The van der Waals surface area contributed by atoms with E-state index in [1.54, 1.807) is 13.0 Å². The molecular formula is C12H18N2O2. The van der Waals surface area contributed by atoms with Gasteiger partial charge in [-0.1, -0.05) is 12.1 Å². The fourth-order valence-electron chi connectivity index (χ4n) is 1.48. The maximum Gasteiger partial charge on any atom is 0.253 e. The zero-order valence-corrected chi connectivity index (χ0v) is 9.66. The second-order valence-electron chi connectivity index (χ2n) is 3.93. The second-order valence-corrected chi connectivity index (χ2v) is 3.93. The van der Waals surface area contributed by atoms with Crippen LogP contribution < -0.4 is 11.1 Å². The minimum absolute atomic E-state index is 0.184. The Labute approximate surface area is 95.5 Å². The quantitative estimate of drug-likeness (QED) is 0.667. The monoisotopic (exact) mass is 222 g/mol. The third-order valence-corrected chi connectivity index (χ3v) is 2.38. The molecule has 0 aliphatic rings. The van der Waals surface area contributed by atoms with Gasteiger partial charge in [-0.2, -0.15) is 0 Å². The predicted octanol–water partition coefficient (Wildman–Crippen LogP) is 1.08. The molecule has 1 rings (SSSR count). The fourth-order valence-corrected chi connectivity index (χ4v) is 1.48. The summed E-state index contributed by atoms with van der Waals surface area (Å²) in [5.41, 5.74) is 7.60. The highest BCUT2D eigenvalue weighted by molar-refractivity contribution is 6.00. The molecule has 0 aromatic heterocycles. The highest BCUT2D eigenvalue weighted by Gasteiger charge is 2.11. The number of hydrogen-bond donors (Lipinski definition) is 3. The first-order chi connectivity index (χ1) is 7.52. The summed E-state index contributed by atoms with van der Waals surface area (Å²) in [4.78, 5) is 11.8. The van der Waals surface area contributed by atoms with E-state index >= 15 is 0 Å². The van der Waals surface area contributed by atoms with Gasteiger partial charge in [0.25, 0.3) is 5.91 Å². The molecule has 0 bridgehead atoms. The van der Waals surface area contributed by atoms with E-state index in [2.05, 4.69) is 5.32 Å². The standard InChI is InChI=1S/C12H18N2O2/c1-8-4-3-5-10(13)11(8)12(16)14-7-6-9(2)15/h3-5,9,15H,6-7,13H2,1-2H3,(H,14,16). The highest BCUT2D eigenvalue weighted by Crippen LogP contribution is 2.15. The molecule has 0 aliphatic heterocycles. The Morgan fingerprint density at radius 1 is 1.56 bits per heavy atom. The van der Waals surface area contributed by atoms with Crippen molar-refractivity contribution in [2.45, 2.75) is 26.4 Å². The molecule has 0 spiro atoms. The van der Waals surface area contributed by atoms with Crippen molar-refractivity contribution in [3.63, 3.8) is 0 Å². The number of aryl methyl sites for hydroxylation is 1. The molecule has 1 unspecified atom stereocenters. The van der Waals surface area contributed by atoms with E-state index in [9.17, 15) is 4.79 Å². The van der Waals surface area contributed by atoms with Crippen molar-refractivity contribution in [3.8, 4) is 0 Å². The number of nitrogens with two attached hydrogens (primary N) is 1. The smallest absolute Gasteiger partial charge is 0.253 e. The summed E-state index contributed by atoms with van der Waals surface area (Å²) in [6.45, 7) is 3.98. The molecule has 0 aliphatic carbocycles. The highest BCUT2D eigenvalue weighted by atomic mass is 16.3. The number of carbonyl (C=O) groups is 1. The number of benzene rings is 1. The molecule has 0 saturated heterocycles. The normalized spacial score (nSPS) is 12.2. The van der Waals surface area contributed by atoms with Crippen LogP contribution in [-0.4, -0.2) is 23.7 Å². The Bertz CT molecular complexity index is 355. The van der Waals surface area contributed by atoms with Crippen LogP contribution in [0, 0.1) is 6.92 Å². The van der Waals surface area contributed by atoms with Crippen molar-refractivity contribution in [3.05, 3.63) is 29.3 Å². The number of anilines is 1. The van der Waals surface area contributed by atoms with E-state index in [1.165, 1.54) is 0 Å². The van der Waals surface area contributed by atoms with E-state index in [-0.39, 0.29) is 5.91 Å². The van der Waals surface area contributed by atoms with Crippen LogP contribution in [0.25, 0.3) is 0 Å². The Morgan fingerprint density at radius 3 is 2.81 bits per heavy atom. The molecule has 4 nitrogen and oxygen atoms in total. The molecule has 1 amide bonds. The van der Waals surface area contributed by atoms with Crippen molar-refractivity contribution in [1.29, 1.82) is 0 Å². The lowest BCUT2D eigenvalue weighted by Crippen LogP contribution is -2.27. The molecule has 0 heterocycles. The van der Waals surface area contributed by atoms with E-state index in [1.807, 2.05) is 19.1 Å². The van der Waals surface area contributed by atoms with Gasteiger partial charge in [-0.15, -0.1) is 0 Å². The average Bonchev–Trinajstić information content (AvgIpc) is 2.16. The van der Waals surface area contributed by atoms with Gasteiger partial charge in [0.1, 0.15) is 0 Å². The second kappa shape index (κ2) is 5.51. The summed E-state index contributed by atoms with van der Waals surface area (Å²) in [5, 5.41) is 11.8. The summed E-state index contributed by atoms with van der Waals surface area (Å²) in [7, 11) is 0. The first-order valence-electron chi connectivity index (χ1n) is 5.33. The van der Waals surface area contributed by atoms with Crippen molar-refractivity contribution >= 4 is 11.6 Å². The average molecular weight is 222 g/mol. The summed E-state index contributed by atoms with van der Waals surface area (Å²) >= 11 is 0. The minimum Gasteiger partial charge on any atom is -0.398 e. The van der Waals surface area contributed by atoms with Crippen molar-refractivity contribution in [1.82, 2.24) is 5.32 Å². The van der Waals surface area contributed by atoms with Crippen LogP contribution in [-0.2, 0) is 0 Å². The molecule has 0 fully saturated rings. The molecule has 16 heavy (non-hydrogen) atoms. The van der Waals surface area contributed by atoms with Crippen LogP contribution >= 0.6 is 0 Å². The van der Waals surface area contributed by atoms with Crippen LogP contribution in [0.15, 0.2) is 18.2 Å². The predicted molar refractivity (Wildman–Crippen MR) is 64.2 cm³/mol. The molecule has 1 atom stereocenters. The number of carbonyl (C=O) groups excluding carboxylic acids is 1. The first-order valence-corrected chi connectivity index (χ1v) is 5.33. The summed E-state index contributed by atoms with van der Waals surface area (Å²) in [6.07, 6.45) is 0.131. The van der Waals surface area contributed by atoms with E-state index in [0.29, 0.717) is 24.2 Å². The van der Waals surface area contributed by atoms with E-state index in [0.717, 1.165) is 5.56 Å². The lowest BCUT2D eigenvalue weighted by Gasteiger charge is -2.10. The maximum atomic E-state index is 11.8. The molecule has 88 valence electrons. The number of nitrogen functional groups attached to an aromatic ring is 1. The molecule has 1 aromatic rings. The number of rotatable bonds is 4. The van der Waals surface area contributed by atoms with Gasteiger partial charge in [0.15, 0.2) is 0 Å². The van der Waals surface area contributed by atoms with Gasteiger partial charge >= 0.3 is 0 Å². The molecule has 4 heteroatoms. The zero-order valence-electron chi connectivity index (χ0n) is 9.66. The number of amides is 1. The largest absolute Gasteiger partial charge is 0.398 e. The van der Waals surface area contributed by atoms with Crippen molar-refractivity contribution < 1.29 is 9.90 Å². The summed E-state index contributed by atoms with van der Waals surface area (Å²) in [6, 6.07) is 5.37. The van der Waals surface area contributed by atoms with Gasteiger partial charge in [-0.25, -0.2) is 0 Å². The molecule has 4 N–H and O–H groups in total. The Balaban J connectivity index is 2.66. The zero-order chi connectivity index (χ0) is 12.1. The van der Waals surface area contributed by atoms with E-state index < -0.39 is 6.10 Å². The Hall–Kier alpha value is -1.55. The van der Waals surface area contributed by atoms with Gasteiger partial charge in [0.2, 0.25) is 0 Å². The minimum atomic E-state index is -0.408. The molecule has 0 saturated carbocycles. The molecule has 0 radical (unpaired) electrons. The van der Waals surface area contributed by atoms with Gasteiger partial charge in [-0.05, 0) is 31.9 Å². The topological polar surface area (TPSA) is 75.4 Å². The Morgan fingerprint density at radius 2 is 2.25 bits per heavy atom. The van der Waals surface area contributed by atoms with Gasteiger partial charge in [0.05, 0.1) is 11.7 Å². The molecule has 1 aromatic carbocycles. The lowest BCUT2D eigenvalue weighted by atomic mass is 10.1. The van der Waals surface area contributed by atoms with Crippen molar-refractivity contribution in [2.24, 2.45) is 0 Å². The van der Waals surface area contributed by atoms with Crippen LogP contribution in [0.3, 0.4) is 0 Å². The van der Waals surface area contributed by atoms with Crippen LogP contribution in [0.2, 0.25) is 0 Å². The number of hydrogen-bond acceptors (Lipinski definition) is 3. The maximum absolute atomic E-state index is 11.8. The van der Waals surface area contributed by atoms with Crippen LogP contribution in [0.5, 0.6) is 0 Å². The third kappa shape index (κ3) is 3.24. The van der Waals surface area contributed by atoms with Crippen LogP contribution in [0.1, 0.15) is 29.3 Å². The SMILES string of the molecule is Cc1cccc(N)c1C(=O)NCCC(C)O. The van der Waals surface area contributed by atoms with Gasteiger partial charge in [0, 0.05) is 12.2 Å². The molecular weight excluding hydrogens is 204 g/mol. The fraction of sp³-hybridized carbons (Fsp3) is 0.417. The van der Waals surface area contributed by atoms with E-state index in [4.69, 9.17) is 10.8 Å². The van der Waals surface area contributed by atoms with Gasteiger partial charge < -0.3 is 16.2 Å². The lowest BCUT2D eigenvalue weighted by molar-refractivity contribution is 0.0946. The van der Waals surface area contributed by atoms with Gasteiger partial charge in [-0.3, -0.25) is 4.79 Å².